The third kappa shape index (κ3) is 5.22. The molecule has 0 aromatic heterocycles. The number of hydrogen-bond donors (Lipinski definition) is 3. The van der Waals surface area contributed by atoms with E-state index in [9.17, 15) is 14.4 Å². The van der Waals surface area contributed by atoms with Crippen LogP contribution in [0.5, 0.6) is 0 Å². The van der Waals surface area contributed by atoms with E-state index in [0.717, 1.165) is 27.8 Å². The van der Waals surface area contributed by atoms with Crippen LogP contribution in [0.3, 0.4) is 0 Å². The van der Waals surface area contributed by atoms with Crippen molar-refractivity contribution in [2.45, 2.75) is 19.4 Å². The minimum atomic E-state index is -1.16. The Morgan fingerprint density at radius 2 is 1.76 bits per heavy atom. The van der Waals surface area contributed by atoms with Gasteiger partial charge in [0.2, 0.25) is 5.91 Å². The van der Waals surface area contributed by atoms with E-state index in [0.29, 0.717) is 6.42 Å². The van der Waals surface area contributed by atoms with Crippen molar-refractivity contribution in [1.82, 2.24) is 10.6 Å². The van der Waals surface area contributed by atoms with E-state index in [2.05, 4.69) is 23.6 Å². The number of amides is 2. The predicted octanol–water partition coefficient (Wildman–Crippen LogP) is 2.77. The number of carboxylic acids is 1. The summed E-state index contributed by atoms with van der Waals surface area (Å²) < 4.78 is 5.65. The lowest BCUT2D eigenvalue weighted by molar-refractivity contribution is -0.137. The van der Waals surface area contributed by atoms with Gasteiger partial charge in [-0.2, -0.15) is 0 Å². The molecule has 1 aliphatic carbocycles. The standard InChI is InChI=1S/C22H22N2O5/c1-14-10-15-6-3-5-9-18(15)19(11-16-7-2-4-8-17(14)16)29-22(28)24-12-20(25)23-13-21(26)27/h2-10,19H,11-13H2,1H3,(H,23,25)(H,24,28)(H,26,27)/b14-10-. The maximum Gasteiger partial charge on any atom is 0.408 e. The van der Waals surface area contributed by atoms with E-state index in [1.807, 2.05) is 48.5 Å². The Morgan fingerprint density at radius 3 is 2.55 bits per heavy atom. The van der Waals surface area contributed by atoms with Crippen molar-refractivity contribution in [3.63, 3.8) is 0 Å². The first-order valence-electron chi connectivity index (χ1n) is 9.22. The van der Waals surface area contributed by atoms with Gasteiger partial charge in [-0.05, 0) is 29.2 Å². The van der Waals surface area contributed by atoms with Gasteiger partial charge in [-0.25, -0.2) is 4.79 Å². The number of rotatable bonds is 5. The van der Waals surface area contributed by atoms with Crippen molar-refractivity contribution in [2.24, 2.45) is 0 Å². The zero-order valence-electron chi connectivity index (χ0n) is 16.0. The zero-order chi connectivity index (χ0) is 20.8. The second-order valence-electron chi connectivity index (χ2n) is 6.74. The van der Waals surface area contributed by atoms with Gasteiger partial charge < -0.3 is 20.5 Å². The normalized spacial score (nSPS) is 16.7. The first-order chi connectivity index (χ1) is 13.9. The van der Waals surface area contributed by atoms with Gasteiger partial charge in [-0.3, -0.25) is 9.59 Å². The molecule has 0 heterocycles. The maximum atomic E-state index is 12.3. The molecule has 0 fully saturated rings. The lowest BCUT2D eigenvalue weighted by atomic mass is 9.88. The second kappa shape index (κ2) is 9.05. The van der Waals surface area contributed by atoms with Crippen LogP contribution in [-0.4, -0.2) is 36.2 Å². The summed E-state index contributed by atoms with van der Waals surface area (Å²) in [6.07, 6.45) is 1.30. The van der Waals surface area contributed by atoms with Gasteiger partial charge >= 0.3 is 12.1 Å². The molecular weight excluding hydrogens is 372 g/mol. The first-order valence-corrected chi connectivity index (χ1v) is 9.22. The van der Waals surface area contributed by atoms with Crippen molar-refractivity contribution >= 4 is 29.6 Å². The van der Waals surface area contributed by atoms with Crippen molar-refractivity contribution in [1.29, 1.82) is 0 Å². The minimum absolute atomic E-state index is 0.365. The smallest absolute Gasteiger partial charge is 0.408 e. The van der Waals surface area contributed by atoms with Crippen molar-refractivity contribution < 1.29 is 24.2 Å². The molecular formula is C22H22N2O5. The molecule has 3 rings (SSSR count). The van der Waals surface area contributed by atoms with Gasteiger partial charge in [-0.15, -0.1) is 0 Å². The molecule has 2 amide bonds. The van der Waals surface area contributed by atoms with Gasteiger partial charge in [-0.1, -0.05) is 54.6 Å². The molecule has 1 unspecified atom stereocenters. The van der Waals surface area contributed by atoms with Gasteiger partial charge in [0.05, 0.1) is 0 Å². The Labute approximate surface area is 168 Å². The van der Waals surface area contributed by atoms with Crippen LogP contribution in [0, 0.1) is 0 Å². The van der Waals surface area contributed by atoms with Crippen LogP contribution >= 0.6 is 0 Å². The fourth-order valence-corrected chi connectivity index (χ4v) is 3.30. The summed E-state index contributed by atoms with van der Waals surface area (Å²) in [5.41, 5.74) is 5.14. The molecule has 2 aromatic rings. The summed E-state index contributed by atoms with van der Waals surface area (Å²) in [6.45, 7) is 1.18. The number of fused-ring (bicyclic) bond motifs is 2. The van der Waals surface area contributed by atoms with E-state index in [4.69, 9.17) is 9.84 Å². The molecule has 0 aliphatic heterocycles. The van der Waals surface area contributed by atoms with Crippen LogP contribution in [0.2, 0.25) is 0 Å². The number of alkyl carbamates (subject to hydrolysis) is 1. The number of allylic oxidation sites excluding steroid dienone is 1. The Kier molecular flexibility index (Phi) is 6.29. The molecule has 29 heavy (non-hydrogen) atoms. The van der Waals surface area contributed by atoms with Gasteiger partial charge in [0.1, 0.15) is 19.2 Å². The molecule has 0 radical (unpaired) electrons. The molecule has 0 saturated carbocycles. The van der Waals surface area contributed by atoms with Crippen molar-refractivity contribution in [2.75, 3.05) is 13.1 Å². The summed E-state index contributed by atoms with van der Waals surface area (Å²) in [6, 6.07) is 15.7. The molecule has 0 saturated heterocycles. The van der Waals surface area contributed by atoms with E-state index < -0.39 is 30.6 Å². The van der Waals surface area contributed by atoms with Gasteiger partial charge in [0.15, 0.2) is 0 Å². The molecule has 1 atom stereocenters. The number of carbonyl (C=O) groups excluding carboxylic acids is 2. The minimum Gasteiger partial charge on any atom is -0.480 e. The molecule has 7 heteroatoms. The fraction of sp³-hybridized carbons (Fsp3) is 0.227. The quantitative estimate of drug-likeness (QED) is 0.723. The van der Waals surface area contributed by atoms with E-state index in [-0.39, 0.29) is 6.54 Å². The SMILES string of the molecule is C/C1=C/c2ccccc2C(OC(=O)NCC(=O)NCC(=O)O)Cc2ccccc21. The van der Waals surface area contributed by atoms with Crippen LogP contribution in [0.4, 0.5) is 4.79 Å². The molecule has 0 spiro atoms. The third-order valence-corrected chi connectivity index (χ3v) is 4.64. The summed E-state index contributed by atoms with van der Waals surface area (Å²) in [7, 11) is 0. The molecule has 150 valence electrons. The van der Waals surface area contributed by atoms with Crippen molar-refractivity contribution in [3.8, 4) is 0 Å². The highest BCUT2D eigenvalue weighted by Crippen LogP contribution is 2.34. The summed E-state index contributed by atoms with van der Waals surface area (Å²) in [5.74, 6) is -1.76. The van der Waals surface area contributed by atoms with Crippen LogP contribution in [0.25, 0.3) is 11.6 Å². The largest absolute Gasteiger partial charge is 0.480 e. The van der Waals surface area contributed by atoms with Crippen molar-refractivity contribution in [3.05, 3.63) is 70.8 Å². The highest BCUT2D eigenvalue weighted by atomic mass is 16.6. The number of carbonyl (C=O) groups is 3. The molecule has 2 aromatic carbocycles. The summed E-state index contributed by atoms with van der Waals surface area (Å²) >= 11 is 0. The summed E-state index contributed by atoms with van der Waals surface area (Å²) in [5, 5.41) is 13.1. The number of nitrogens with one attached hydrogen (secondary N) is 2. The van der Waals surface area contributed by atoms with Gasteiger partial charge in [0, 0.05) is 12.0 Å². The van der Waals surface area contributed by atoms with E-state index >= 15 is 0 Å². The highest BCUT2D eigenvalue weighted by Gasteiger charge is 2.23. The third-order valence-electron chi connectivity index (χ3n) is 4.64. The van der Waals surface area contributed by atoms with Crippen LogP contribution < -0.4 is 10.6 Å². The molecule has 7 nitrogen and oxygen atoms in total. The highest BCUT2D eigenvalue weighted by molar-refractivity contribution is 5.85. The predicted molar refractivity (Wildman–Crippen MR) is 108 cm³/mol. The topological polar surface area (TPSA) is 105 Å². The first kappa shape index (κ1) is 20.1. The van der Waals surface area contributed by atoms with Crippen LogP contribution in [0.15, 0.2) is 48.5 Å². The van der Waals surface area contributed by atoms with E-state index in [1.165, 1.54) is 0 Å². The second-order valence-corrected chi connectivity index (χ2v) is 6.74. The number of hydrogen-bond acceptors (Lipinski definition) is 4. The van der Waals surface area contributed by atoms with Gasteiger partial charge in [0.25, 0.3) is 0 Å². The lowest BCUT2D eigenvalue weighted by Gasteiger charge is -2.24. The molecule has 1 aliphatic rings. The summed E-state index contributed by atoms with van der Waals surface area (Å²) in [4.78, 5) is 34.4. The number of aliphatic carboxylic acids is 1. The van der Waals surface area contributed by atoms with E-state index in [1.54, 1.807) is 0 Å². The Morgan fingerprint density at radius 1 is 1.03 bits per heavy atom. The number of carboxylic acid groups (broad SMARTS) is 1. The Bertz CT molecular complexity index is 967. The van der Waals surface area contributed by atoms with Crippen LogP contribution in [-0.2, 0) is 20.7 Å². The average Bonchev–Trinajstić information content (AvgIpc) is 2.70. The fourth-order valence-electron chi connectivity index (χ4n) is 3.30. The Hall–Kier alpha value is -3.61. The molecule has 0 bridgehead atoms. The lowest BCUT2D eigenvalue weighted by Crippen LogP contribution is -2.39. The monoisotopic (exact) mass is 394 g/mol. The zero-order valence-corrected chi connectivity index (χ0v) is 16.0. The van der Waals surface area contributed by atoms with Crippen LogP contribution in [0.1, 0.15) is 35.3 Å². The Balaban J connectivity index is 1.76. The molecule has 3 N–H and O–H groups in total. The maximum absolute atomic E-state index is 12.3. The average molecular weight is 394 g/mol. The number of benzene rings is 2. The number of ether oxygens (including phenoxy) is 1.